The zero-order valence-electron chi connectivity index (χ0n) is 17.1. The number of rotatable bonds is 3. The smallest absolute Gasteiger partial charge is 0.188 e. The molecule has 2 aromatic carbocycles. The summed E-state index contributed by atoms with van der Waals surface area (Å²) in [4.78, 5) is 3.53. The maximum Gasteiger partial charge on any atom is 0.188 e. The van der Waals surface area contributed by atoms with Gasteiger partial charge in [0, 0.05) is 22.3 Å². The molecule has 0 saturated heterocycles. The average Bonchev–Trinajstić information content (AvgIpc) is 3.19. The van der Waals surface area contributed by atoms with E-state index in [1.165, 1.54) is 0 Å². The number of nitrogens with one attached hydrogen (secondary N) is 1. The molecular weight excluding hydrogens is 431 g/mol. The van der Waals surface area contributed by atoms with Gasteiger partial charge in [0.1, 0.15) is 11.3 Å². The summed E-state index contributed by atoms with van der Waals surface area (Å²) >= 11 is 6.23. The number of aliphatic hydroxyl groups is 1. The Hall–Kier alpha value is -2.83. The van der Waals surface area contributed by atoms with Gasteiger partial charge in [-0.1, -0.05) is 41.8 Å². The summed E-state index contributed by atoms with van der Waals surface area (Å²) in [6.07, 6.45) is 3.34. The van der Waals surface area contributed by atoms with Crippen molar-refractivity contribution in [3.05, 3.63) is 69.7 Å². The van der Waals surface area contributed by atoms with Crippen LogP contribution in [0, 0.1) is 25.3 Å². The van der Waals surface area contributed by atoms with Gasteiger partial charge in [-0.3, -0.25) is 0 Å². The Morgan fingerprint density at radius 3 is 2.65 bits per heavy atom. The van der Waals surface area contributed by atoms with E-state index < -0.39 is 5.60 Å². The van der Waals surface area contributed by atoms with Crippen molar-refractivity contribution in [2.24, 2.45) is 0 Å². The third kappa shape index (κ3) is 5.09. The molecule has 3 aromatic rings. The first-order valence-corrected chi connectivity index (χ1v) is 10.3. The summed E-state index contributed by atoms with van der Waals surface area (Å²) < 4.78 is 0. The highest BCUT2D eigenvalue weighted by Gasteiger charge is 2.28. The molecule has 1 fully saturated rings. The van der Waals surface area contributed by atoms with Crippen LogP contribution in [0.3, 0.4) is 0 Å². The van der Waals surface area contributed by atoms with Crippen molar-refractivity contribution in [2.45, 2.75) is 44.8 Å². The van der Waals surface area contributed by atoms with Gasteiger partial charge in [0.15, 0.2) is 11.5 Å². The molecule has 5 nitrogen and oxygen atoms in total. The molecule has 1 saturated carbocycles. The van der Waals surface area contributed by atoms with E-state index >= 15 is 0 Å². The van der Waals surface area contributed by atoms with E-state index in [2.05, 4.69) is 32.2 Å². The molecule has 1 aliphatic carbocycles. The summed E-state index contributed by atoms with van der Waals surface area (Å²) in [5.74, 6) is 6.60. The molecule has 7 heteroatoms. The molecule has 1 heterocycles. The van der Waals surface area contributed by atoms with E-state index in [1.807, 2.05) is 31.2 Å². The second-order valence-corrected chi connectivity index (χ2v) is 8.07. The summed E-state index contributed by atoms with van der Waals surface area (Å²) in [5.41, 5.74) is 2.14. The lowest BCUT2D eigenvalue weighted by atomic mass is 10.0. The van der Waals surface area contributed by atoms with Gasteiger partial charge in [-0.2, -0.15) is 0 Å². The second-order valence-electron chi connectivity index (χ2n) is 7.66. The van der Waals surface area contributed by atoms with Crippen LogP contribution in [0.2, 0.25) is 5.02 Å². The Kier molecular flexibility index (Phi) is 7.03. The van der Waals surface area contributed by atoms with E-state index in [4.69, 9.17) is 18.2 Å². The van der Waals surface area contributed by atoms with Crippen LogP contribution in [-0.4, -0.2) is 20.9 Å². The molecule has 0 unspecified atom stereocenters. The number of hydrogen-bond acceptors (Lipinski definition) is 4. The summed E-state index contributed by atoms with van der Waals surface area (Å²) in [6, 6.07) is 11.3. The lowest BCUT2D eigenvalue weighted by Gasteiger charge is -2.13. The Balaban J connectivity index is 0.00000272. The van der Waals surface area contributed by atoms with Gasteiger partial charge in [-0.05, 0) is 61.8 Å². The highest BCUT2D eigenvalue weighted by atomic mass is 35.5. The molecule has 158 valence electrons. The van der Waals surface area contributed by atoms with Crippen molar-refractivity contribution >= 4 is 46.3 Å². The molecule has 0 radical (unpaired) electrons. The number of hydrogen-bond donors (Lipinski definition) is 2. The molecule has 0 spiro atoms. The van der Waals surface area contributed by atoms with Crippen LogP contribution in [-0.2, 0) is 6.54 Å². The lowest BCUT2D eigenvalue weighted by Crippen LogP contribution is -2.20. The fourth-order valence-corrected chi connectivity index (χ4v) is 3.83. The average molecular weight is 453 g/mol. The SMILES string of the molecule is Cl.[C-]#[N+]c1ccc2c(C#CC3(O)CCCC3)nnc(NCc3ccc(C)c(Cl)c3)c2c1. The van der Waals surface area contributed by atoms with E-state index in [-0.39, 0.29) is 12.4 Å². The number of nitrogens with zero attached hydrogens (tertiary/aromatic N) is 3. The quantitative estimate of drug-likeness (QED) is 0.387. The first kappa shape index (κ1) is 22.8. The van der Waals surface area contributed by atoms with Gasteiger partial charge < -0.3 is 10.4 Å². The molecule has 0 aliphatic heterocycles. The van der Waals surface area contributed by atoms with Gasteiger partial charge >= 0.3 is 0 Å². The standard InChI is InChI=1S/C24H21ClN4O.ClH/c1-16-5-6-17(13-21(16)25)15-27-23-20-14-18(26-2)7-8-19(20)22(28-29-23)9-12-24(30)10-3-4-11-24;/h5-8,13-14,30H,3-4,10-11,15H2,1H3,(H,27,29);1H. The molecule has 31 heavy (non-hydrogen) atoms. The van der Waals surface area contributed by atoms with E-state index in [0.717, 1.165) is 39.8 Å². The normalized spacial score (nSPS) is 14.3. The molecule has 1 aliphatic rings. The Morgan fingerprint density at radius 1 is 1.16 bits per heavy atom. The molecule has 0 atom stereocenters. The fourth-order valence-electron chi connectivity index (χ4n) is 3.63. The number of aryl methyl sites for hydroxylation is 1. The van der Waals surface area contributed by atoms with Crippen LogP contribution in [0.25, 0.3) is 15.6 Å². The van der Waals surface area contributed by atoms with Crippen molar-refractivity contribution in [1.29, 1.82) is 0 Å². The van der Waals surface area contributed by atoms with E-state index in [9.17, 15) is 5.11 Å². The van der Waals surface area contributed by atoms with E-state index in [1.54, 1.807) is 12.1 Å². The highest BCUT2D eigenvalue weighted by molar-refractivity contribution is 6.31. The molecule has 2 N–H and O–H groups in total. The highest BCUT2D eigenvalue weighted by Crippen LogP contribution is 2.30. The summed E-state index contributed by atoms with van der Waals surface area (Å²) in [7, 11) is 0. The number of aromatic nitrogens is 2. The number of fused-ring (bicyclic) bond motifs is 1. The zero-order valence-corrected chi connectivity index (χ0v) is 18.6. The summed E-state index contributed by atoms with van der Waals surface area (Å²) in [5, 5.41) is 24.7. The van der Waals surface area contributed by atoms with Gasteiger partial charge in [-0.15, -0.1) is 22.6 Å². The molecule has 0 amide bonds. The predicted octanol–water partition coefficient (Wildman–Crippen LogP) is 5.83. The van der Waals surface area contributed by atoms with Crippen molar-refractivity contribution in [1.82, 2.24) is 10.2 Å². The topological polar surface area (TPSA) is 62.4 Å². The first-order valence-electron chi connectivity index (χ1n) is 9.90. The van der Waals surface area contributed by atoms with Gasteiger partial charge in [0.25, 0.3) is 0 Å². The number of anilines is 1. The van der Waals surface area contributed by atoms with Crippen LogP contribution < -0.4 is 5.32 Å². The van der Waals surface area contributed by atoms with Gasteiger partial charge in [0.05, 0.1) is 6.57 Å². The van der Waals surface area contributed by atoms with Crippen molar-refractivity contribution < 1.29 is 5.11 Å². The van der Waals surface area contributed by atoms with E-state index in [0.29, 0.717) is 36.6 Å². The molecule has 4 rings (SSSR count). The van der Waals surface area contributed by atoms with Crippen LogP contribution in [0.15, 0.2) is 36.4 Å². The third-order valence-electron chi connectivity index (χ3n) is 5.43. The molecular formula is C24H22Cl2N4O. The monoisotopic (exact) mass is 452 g/mol. The predicted molar refractivity (Wildman–Crippen MR) is 127 cm³/mol. The first-order chi connectivity index (χ1) is 14.5. The maximum atomic E-state index is 10.5. The Bertz CT molecular complexity index is 1220. The van der Waals surface area contributed by atoms with Crippen molar-refractivity contribution in [2.75, 3.05) is 5.32 Å². The van der Waals surface area contributed by atoms with Crippen LogP contribution in [0.4, 0.5) is 11.5 Å². The molecule has 1 aromatic heterocycles. The Morgan fingerprint density at radius 2 is 1.94 bits per heavy atom. The third-order valence-corrected chi connectivity index (χ3v) is 5.84. The Labute approximate surface area is 193 Å². The van der Waals surface area contributed by atoms with Gasteiger partial charge in [0.2, 0.25) is 0 Å². The number of benzene rings is 2. The van der Waals surface area contributed by atoms with Crippen LogP contribution >= 0.6 is 24.0 Å². The van der Waals surface area contributed by atoms with Crippen LogP contribution in [0.1, 0.15) is 42.5 Å². The lowest BCUT2D eigenvalue weighted by molar-refractivity contribution is 0.110. The zero-order chi connectivity index (χ0) is 21.1. The minimum absolute atomic E-state index is 0. The largest absolute Gasteiger partial charge is 0.378 e. The van der Waals surface area contributed by atoms with Crippen molar-refractivity contribution in [3.63, 3.8) is 0 Å². The summed E-state index contributed by atoms with van der Waals surface area (Å²) in [6.45, 7) is 9.83. The maximum absolute atomic E-state index is 10.5. The number of halogens is 2. The fraction of sp³-hybridized carbons (Fsp3) is 0.292. The van der Waals surface area contributed by atoms with Crippen molar-refractivity contribution in [3.8, 4) is 11.8 Å². The molecule has 0 bridgehead atoms. The van der Waals surface area contributed by atoms with Crippen LogP contribution in [0.5, 0.6) is 0 Å². The minimum atomic E-state index is -0.938. The minimum Gasteiger partial charge on any atom is -0.378 e. The second kappa shape index (κ2) is 9.54. The van der Waals surface area contributed by atoms with Gasteiger partial charge in [-0.25, -0.2) is 4.85 Å².